The molecule has 3 N–H and O–H groups in total. The molecule has 4 heteroatoms. The number of nitrogens with one attached hydrogen (secondary N) is 1. The summed E-state index contributed by atoms with van der Waals surface area (Å²) in [4.78, 5) is 13.7. The van der Waals surface area contributed by atoms with Gasteiger partial charge in [0.2, 0.25) is 0 Å². The number of carbonyl (C=O) groups is 1. The summed E-state index contributed by atoms with van der Waals surface area (Å²) in [5.74, 6) is -0.0366. The topological polar surface area (TPSA) is 58.4 Å². The third-order valence-electron chi connectivity index (χ3n) is 2.30. The van der Waals surface area contributed by atoms with Crippen LogP contribution in [0.15, 0.2) is 24.3 Å². The monoisotopic (exact) mass is 221 g/mol. The lowest BCUT2D eigenvalue weighted by Crippen LogP contribution is -2.31. The van der Waals surface area contributed by atoms with E-state index in [-0.39, 0.29) is 5.91 Å². The van der Waals surface area contributed by atoms with Gasteiger partial charge in [0.25, 0.3) is 5.91 Å². The average Bonchev–Trinajstić information content (AvgIpc) is 2.28. The Kier molecular flexibility index (Phi) is 4.95. The molecule has 0 atom stereocenters. The lowest BCUT2D eigenvalue weighted by atomic mass is 10.1. The first-order chi connectivity index (χ1) is 7.63. The zero-order chi connectivity index (χ0) is 12.0. The van der Waals surface area contributed by atoms with E-state index < -0.39 is 0 Å². The van der Waals surface area contributed by atoms with Crippen LogP contribution in [0, 0.1) is 0 Å². The van der Waals surface area contributed by atoms with E-state index in [1.807, 2.05) is 31.1 Å². The van der Waals surface area contributed by atoms with Crippen molar-refractivity contribution in [2.24, 2.45) is 5.73 Å². The number of hydrogen-bond donors (Lipinski definition) is 2. The molecule has 88 valence electrons. The number of nitrogens with zero attached hydrogens (tertiary/aromatic N) is 1. The zero-order valence-corrected chi connectivity index (χ0v) is 9.86. The molecule has 0 heterocycles. The summed E-state index contributed by atoms with van der Waals surface area (Å²) in [6, 6.07) is 7.35. The number of rotatable bonds is 5. The maximum absolute atomic E-state index is 11.7. The highest BCUT2D eigenvalue weighted by molar-refractivity contribution is 5.94. The Balaban J connectivity index is 2.46. The van der Waals surface area contributed by atoms with Crippen LogP contribution in [0.5, 0.6) is 0 Å². The summed E-state index contributed by atoms with van der Waals surface area (Å²) in [6.07, 6.45) is 0. The second kappa shape index (κ2) is 6.25. The summed E-state index contributed by atoms with van der Waals surface area (Å²) in [5, 5.41) is 2.86. The molecule has 4 nitrogen and oxygen atoms in total. The predicted octanol–water partition coefficient (Wildman–Crippen LogP) is 0.437. The Morgan fingerprint density at radius 2 is 1.94 bits per heavy atom. The molecule has 1 aromatic rings. The third-order valence-corrected chi connectivity index (χ3v) is 2.30. The van der Waals surface area contributed by atoms with E-state index in [0.717, 1.165) is 12.1 Å². The smallest absolute Gasteiger partial charge is 0.251 e. The Morgan fingerprint density at radius 3 is 2.44 bits per heavy atom. The fourth-order valence-electron chi connectivity index (χ4n) is 1.29. The first kappa shape index (κ1) is 12.7. The molecule has 0 spiro atoms. The molecule has 0 unspecified atom stereocenters. The van der Waals surface area contributed by atoms with E-state index in [1.54, 1.807) is 12.1 Å². The normalized spacial score (nSPS) is 10.5. The molecular weight excluding hydrogens is 202 g/mol. The molecule has 16 heavy (non-hydrogen) atoms. The van der Waals surface area contributed by atoms with Crippen LogP contribution in [0.25, 0.3) is 0 Å². The van der Waals surface area contributed by atoms with Crippen molar-refractivity contribution in [2.75, 3.05) is 27.2 Å². The van der Waals surface area contributed by atoms with Crippen LogP contribution in [-0.4, -0.2) is 38.0 Å². The van der Waals surface area contributed by atoms with Gasteiger partial charge in [-0.15, -0.1) is 0 Å². The Labute approximate surface area is 96.4 Å². The molecule has 0 radical (unpaired) electrons. The number of amides is 1. The minimum absolute atomic E-state index is 0.0366. The van der Waals surface area contributed by atoms with Crippen molar-refractivity contribution in [2.45, 2.75) is 6.54 Å². The highest BCUT2D eigenvalue weighted by Crippen LogP contribution is 2.03. The molecule has 0 bridgehead atoms. The average molecular weight is 221 g/mol. The van der Waals surface area contributed by atoms with E-state index in [4.69, 9.17) is 5.73 Å². The number of likely N-dealkylation sites (N-methyl/N-ethyl adjacent to an activating group) is 1. The zero-order valence-electron chi connectivity index (χ0n) is 9.86. The number of carbonyl (C=O) groups excluding carboxylic acids is 1. The van der Waals surface area contributed by atoms with Crippen molar-refractivity contribution >= 4 is 5.91 Å². The van der Waals surface area contributed by atoms with Gasteiger partial charge in [-0.2, -0.15) is 0 Å². The van der Waals surface area contributed by atoms with Gasteiger partial charge in [0.1, 0.15) is 0 Å². The molecule has 0 aliphatic heterocycles. The lowest BCUT2D eigenvalue weighted by Gasteiger charge is -2.10. The van der Waals surface area contributed by atoms with Gasteiger partial charge in [-0.05, 0) is 31.8 Å². The van der Waals surface area contributed by atoms with Crippen LogP contribution < -0.4 is 11.1 Å². The van der Waals surface area contributed by atoms with Gasteiger partial charge in [0.15, 0.2) is 0 Å². The number of benzene rings is 1. The second-order valence-corrected chi connectivity index (χ2v) is 3.96. The van der Waals surface area contributed by atoms with Gasteiger partial charge in [0, 0.05) is 25.2 Å². The maximum Gasteiger partial charge on any atom is 0.251 e. The van der Waals surface area contributed by atoms with Gasteiger partial charge >= 0.3 is 0 Å². The summed E-state index contributed by atoms with van der Waals surface area (Å²) in [6.45, 7) is 2.00. The lowest BCUT2D eigenvalue weighted by molar-refractivity contribution is 0.0951. The van der Waals surface area contributed by atoms with Crippen LogP contribution in [0.2, 0.25) is 0 Å². The molecule has 0 fully saturated rings. The Morgan fingerprint density at radius 1 is 1.31 bits per heavy atom. The first-order valence-corrected chi connectivity index (χ1v) is 5.35. The van der Waals surface area contributed by atoms with E-state index in [1.165, 1.54) is 0 Å². The van der Waals surface area contributed by atoms with Crippen molar-refractivity contribution in [3.8, 4) is 0 Å². The molecule has 0 aliphatic carbocycles. The SMILES string of the molecule is CN(C)CCNC(=O)c1ccc(CN)cc1. The fourth-order valence-corrected chi connectivity index (χ4v) is 1.29. The molecular formula is C12H19N3O. The van der Waals surface area contributed by atoms with Crippen LogP contribution in [0.3, 0.4) is 0 Å². The highest BCUT2D eigenvalue weighted by Gasteiger charge is 2.04. The van der Waals surface area contributed by atoms with E-state index in [0.29, 0.717) is 18.7 Å². The second-order valence-electron chi connectivity index (χ2n) is 3.96. The van der Waals surface area contributed by atoms with Gasteiger partial charge < -0.3 is 16.0 Å². The first-order valence-electron chi connectivity index (χ1n) is 5.35. The number of nitrogens with two attached hydrogens (primary N) is 1. The van der Waals surface area contributed by atoms with Crippen LogP contribution >= 0.6 is 0 Å². The minimum atomic E-state index is -0.0366. The van der Waals surface area contributed by atoms with Crippen molar-refractivity contribution in [1.82, 2.24) is 10.2 Å². The number of hydrogen-bond acceptors (Lipinski definition) is 3. The van der Waals surface area contributed by atoms with Crippen molar-refractivity contribution < 1.29 is 4.79 Å². The van der Waals surface area contributed by atoms with Crippen LogP contribution in [0.4, 0.5) is 0 Å². The predicted molar refractivity (Wildman–Crippen MR) is 65.2 cm³/mol. The standard InChI is InChI=1S/C12H19N3O/c1-15(2)8-7-14-12(16)11-5-3-10(9-13)4-6-11/h3-6H,7-9,13H2,1-2H3,(H,14,16). The minimum Gasteiger partial charge on any atom is -0.351 e. The Hall–Kier alpha value is -1.39. The van der Waals surface area contributed by atoms with E-state index in [9.17, 15) is 4.79 Å². The third kappa shape index (κ3) is 4.00. The molecule has 1 rings (SSSR count). The molecule has 1 amide bonds. The van der Waals surface area contributed by atoms with Crippen LogP contribution in [-0.2, 0) is 6.54 Å². The van der Waals surface area contributed by atoms with Gasteiger partial charge in [-0.3, -0.25) is 4.79 Å². The highest BCUT2D eigenvalue weighted by atomic mass is 16.1. The van der Waals surface area contributed by atoms with Gasteiger partial charge in [-0.1, -0.05) is 12.1 Å². The van der Waals surface area contributed by atoms with E-state index in [2.05, 4.69) is 5.32 Å². The fraction of sp³-hybridized carbons (Fsp3) is 0.417. The summed E-state index contributed by atoms with van der Waals surface area (Å²) >= 11 is 0. The summed E-state index contributed by atoms with van der Waals surface area (Å²) in [5.41, 5.74) is 7.19. The summed E-state index contributed by atoms with van der Waals surface area (Å²) in [7, 11) is 3.95. The molecule has 0 saturated heterocycles. The van der Waals surface area contributed by atoms with Crippen molar-refractivity contribution in [1.29, 1.82) is 0 Å². The van der Waals surface area contributed by atoms with Crippen molar-refractivity contribution in [3.05, 3.63) is 35.4 Å². The van der Waals surface area contributed by atoms with Crippen LogP contribution in [0.1, 0.15) is 15.9 Å². The maximum atomic E-state index is 11.7. The van der Waals surface area contributed by atoms with Crippen molar-refractivity contribution in [3.63, 3.8) is 0 Å². The summed E-state index contributed by atoms with van der Waals surface area (Å²) < 4.78 is 0. The Bertz CT molecular complexity index is 333. The largest absolute Gasteiger partial charge is 0.351 e. The van der Waals surface area contributed by atoms with Gasteiger partial charge in [0.05, 0.1) is 0 Å². The molecule has 0 aliphatic rings. The molecule has 0 aromatic heterocycles. The quantitative estimate of drug-likeness (QED) is 0.758. The molecule has 0 saturated carbocycles. The van der Waals surface area contributed by atoms with E-state index >= 15 is 0 Å². The molecule has 1 aromatic carbocycles. The van der Waals surface area contributed by atoms with Gasteiger partial charge in [-0.25, -0.2) is 0 Å².